The van der Waals surface area contributed by atoms with Crippen molar-refractivity contribution in [3.8, 4) is 0 Å². The Balaban J connectivity index is 1.33. The van der Waals surface area contributed by atoms with E-state index >= 15 is 0 Å². The zero-order valence-corrected chi connectivity index (χ0v) is 17.6. The Bertz CT molecular complexity index is 1300. The third-order valence-electron chi connectivity index (χ3n) is 6.27. The lowest BCUT2D eigenvalue weighted by Crippen LogP contribution is -2.40. The minimum absolute atomic E-state index is 0.0391. The summed E-state index contributed by atoms with van der Waals surface area (Å²) in [5.41, 5.74) is 3.17. The standard InChI is InChI=1S/C25H25N3O3/c1-17-7-8-22-20(13-17)24-21(25(30)31-22)15-26-28(24)16-23(29)27-11-9-19(10-12-27)14-18-5-3-2-4-6-18/h2-8,13,15,19H,9-12,14,16H2,1H3. The van der Waals surface area contributed by atoms with E-state index in [0.29, 0.717) is 22.4 Å². The second-order valence-electron chi connectivity index (χ2n) is 8.47. The summed E-state index contributed by atoms with van der Waals surface area (Å²) in [6, 6.07) is 16.2. The summed E-state index contributed by atoms with van der Waals surface area (Å²) in [7, 11) is 0. The van der Waals surface area contributed by atoms with Gasteiger partial charge in [-0.1, -0.05) is 42.0 Å². The second kappa shape index (κ2) is 8.02. The van der Waals surface area contributed by atoms with Crippen molar-refractivity contribution in [2.75, 3.05) is 13.1 Å². The summed E-state index contributed by atoms with van der Waals surface area (Å²) in [5.74, 6) is 0.644. The number of nitrogens with zero attached hydrogens (tertiary/aromatic N) is 3. The molecule has 3 heterocycles. The molecule has 0 N–H and O–H groups in total. The van der Waals surface area contributed by atoms with Gasteiger partial charge in [0.25, 0.3) is 0 Å². The molecule has 31 heavy (non-hydrogen) atoms. The highest BCUT2D eigenvalue weighted by Gasteiger charge is 2.24. The van der Waals surface area contributed by atoms with Gasteiger partial charge in [-0.3, -0.25) is 9.48 Å². The van der Waals surface area contributed by atoms with E-state index in [1.807, 2.05) is 30.0 Å². The Kier molecular flexibility index (Phi) is 5.06. The zero-order chi connectivity index (χ0) is 21.4. The summed E-state index contributed by atoms with van der Waals surface area (Å²) in [4.78, 5) is 27.3. The van der Waals surface area contributed by atoms with Crippen LogP contribution < -0.4 is 5.63 Å². The Morgan fingerprint density at radius 2 is 1.87 bits per heavy atom. The first-order valence-corrected chi connectivity index (χ1v) is 10.8. The normalized spacial score (nSPS) is 15.1. The van der Waals surface area contributed by atoms with Crippen LogP contribution in [0.25, 0.3) is 21.9 Å². The largest absolute Gasteiger partial charge is 0.422 e. The number of hydrogen-bond donors (Lipinski definition) is 0. The van der Waals surface area contributed by atoms with Crippen molar-refractivity contribution in [3.05, 3.63) is 76.3 Å². The van der Waals surface area contributed by atoms with Crippen molar-refractivity contribution in [1.29, 1.82) is 0 Å². The summed E-state index contributed by atoms with van der Waals surface area (Å²) in [6.45, 7) is 3.64. The van der Waals surface area contributed by atoms with E-state index < -0.39 is 5.63 Å². The van der Waals surface area contributed by atoms with E-state index in [-0.39, 0.29) is 12.5 Å². The van der Waals surface area contributed by atoms with Gasteiger partial charge in [-0.15, -0.1) is 0 Å². The van der Waals surface area contributed by atoms with Gasteiger partial charge in [-0.25, -0.2) is 4.79 Å². The van der Waals surface area contributed by atoms with E-state index in [0.717, 1.165) is 43.3 Å². The number of rotatable bonds is 4. The van der Waals surface area contributed by atoms with Gasteiger partial charge in [-0.05, 0) is 49.8 Å². The summed E-state index contributed by atoms with van der Waals surface area (Å²) >= 11 is 0. The van der Waals surface area contributed by atoms with E-state index in [2.05, 4.69) is 29.4 Å². The highest BCUT2D eigenvalue weighted by Crippen LogP contribution is 2.25. The van der Waals surface area contributed by atoms with Crippen LogP contribution in [-0.4, -0.2) is 33.7 Å². The maximum atomic E-state index is 13.0. The third kappa shape index (κ3) is 3.85. The second-order valence-corrected chi connectivity index (χ2v) is 8.47. The monoisotopic (exact) mass is 415 g/mol. The molecule has 1 aliphatic heterocycles. The van der Waals surface area contributed by atoms with Gasteiger partial charge < -0.3 is 9.32 Å². The number of hydrogen-bond acceptors (Lipinski definition) is 4. The molecule has 0 atom stereocenters. The average Bonchev–Trinajstić information content (AvgIpc) is 3.20. The fourth-order valence-corrected chi connectivity index (χ4v) is 4.57. The van der Waals surface area contributed by atoms with Crippen LogP contribution in [0.15, 0.2) is 63.9 Å². The van der Waals surface area contributed by atoms with E-state index in [1.54, 1.807) is 10.7 Å². The van der Waals surface area contributed by atoms with Gasteiger partial charge in [0.2, 0.25) is 5.91 Å². The summed E-state index contributed by atoms with van der Waals surface area (Å²) < 4.78 is 7.07. The summed E-state index contributed by atoms with van der Waals surface area (Å²) in [5, 5.41) is 5.57. The van der Waals surface area contributed by atoms with Crippen molar-refractivity contribution in [2.45, 2.75) is 32.7 Å². The Morgan fingerprint density at radius 1 is 1.10 bits per heavy atom. The van der Waals surface area contributed by atoms with Crippen LogP contribution in [0.4, 0.5) is 0 Å². The molecule has 0 saturated carbocycles. The SMILES string of the molecule is Cc1ccc2oc(=O)c3cnn(CC(=O)N4CCC(Cc5ccccc5)CC4)c3c2c1. The van der Waals surface area contributed by atoms with E-state index in [4.69, 9.17) is 4.42 Å². The van der Waals surface area contributed by atoms with Gasteiger partial charge >= 0.3 is 5.63 Å². The zero-order valence-electron chi connectivity index (χ0n) is 17.6. The number of carbonyl (C=O) groups is 1. The quantitative estimate of drug-likeness (QED) is 0.474. The first-order chi connectivity index (χ1) is 15.1. The molecule has 1 amide bonds. The number of likely N-dealkylation sites (tertiary alicyclic amines) is 1. The van der Waals surface area contributed by atoms with Crippen LogP contribution in [0, 0.1) is 12.8 Å². The predicted octanol–water partition coefficient (Wildman–Crippen LogP) is 3.93. The van der Waals surface area contributed by atoms with Crippen molar-refractivity contribution in [2.24, 2.45) is 5.92 Å². The van der Waals surface area contributed by atoms with Gasteiger partial charge in [0, 0.05) is 18.5 Å². The van der Waals surface area contributed by atoms with Gasteiger partial charge in [0.05, 0.1) is 11.7 Å². The minimum atomic E-state index is -0.424. The summed E-state index contributed by atoms with van der Waals surface area (Å²) in [6.07, 6.45) is 4.58. The molecular weight excluding hydrogens is 390 g/mol. The molecule has 158 valence electrons. The number of aromatic nitrogens is 2. The van der Waals surface area contributed by atoms with Gasteiger partial charge in [0.1, 0.15) is 17.5 Å². The molecular formula is C25H25N3O3. The molecule has 2 aromatic heterocycles. The van der Waals surface area contributed by atoms with Crippen LogP contribution in [0.5, 0.6) is 0 Å². The molecule has 1 fully saturated rings. The number of aryl methyl sites for hydroxylation is 1. The molecule has 1 saturated heterocycles. The topological polar surface area (TPSA) is 68.3 Å². The Labute approximate surface area is 180 Å². The molecule has 0 aliphatic carbocycles. The lowest BCUT2D eigenvalue weighted by Gasteiger charge is -2.32. The number of benzene rings is 2. The number of fused-ring (bicyclic) bond motifs is 3. The molecule has 4 aromatic rings. The fourth-order valence-electron chi connectivity index (χ4n) is 4.57. The van der Waals surface area contributed by atoms with Crippen molar-refractivity contribution < 1.29 is 9.21 Å². The fraction of sp³-hybridized carbons (Fsp3) is 0.320. The smallest absolute Gasteiger partial charge is 0.347 e. The minimum Gasteiger partial charge on any atom is -0.422 e. The molecule has 0 unspecified atom stereocenters. The highest BCUT2D eigenvalue weighted by molar-refractivity contribution is 6.02. The molecule has 1 aliphatic rings. The van der Waals surface area contributed by atoms with Crippen molar-refractivity contribution in [1.82, 2.24) is 14.7 Å². The molecule has 6 nitrogen and oxygen atoms in total. The molecule has 2 aromatic carbocycles. The first-order valence-electron chi connectivity index (χ1n) is 10.8. The van der Waals surface area contributed by atoms with Gasteiger partial charge in [0.15, 0.2) is 0 Å². The van der Waals surface area contributed by atoms with Crippen LogP contribution >= 0.6 is 0 Å². The number of amides is 1. The maximum Gasteiger partial charge on any atom is 0.347 e. The Morgan fingerprint density at radius 3 is 2.65 bits per heavy atom. The lowest BCUT2D eigenvalue weighted by molar-refractivity contribution is -0.133. The van der Waals surface area contributed by atoms with Crippen molar-refractivity contribution in [3.63, 3.8) is 0 Å². The Hall–Kier alpha value is -3.41. The first kappa shape index (κ1) is 19.5. The molecule has 6 heteroatoms. The number of carbonyl (C=O) groups excluding carboxylic acids is 1. The van der Waals surface area contributed by atoms with Crippen molar-refractivity contribution >= 4 is 27.8 Å². The molecule has 0 spiro atoms. The predicted molar refractivity (Wildman–Crippen MR) is 120 cm³/mol. The lowest BCUT2D eigenvalue weighted by atomic mass is 9.90. The molecule has 0 radical (unpaired) electrons. The number of piperidine rings is 1. The third-order valence-corrected chi connectivity index (χ3v) is 6.27. The van der Waals surface area contributed by atoms with E-state index in [1.165, 1.54) is 11.8 Å². The molecule has 5 rings (SSSR count). The van der Waals surface area contributed by atoms with Crippen LogP contribution in [0.2, 0.25) is 0 Å². The van der Waals surface area contributed by atoms with Crippen LogP contribution in [-0.2, 0) is 17.8 Å². The van der Waals surface area contributed by atoms with Crippen LogP contribution in [0.3, 0.4) is 0 Å². The van der Waals surface area contributed by atoms with Crippen LogP contribution in [0.1, 0.15) is 24.0 Å². The maximum absolute atomic E-state index is 13.0. The molecule has 0 bridgehead atoms. The highest BCUT2D eigenvalue weighted by atomic mass is 16.4. The average molecular weight is 415 g/mol. The van der Waals surface area contributed by atoms with Gasteiger partial charge in [-0.2, -0.15) is 5.10 Å². The van der Waals surface area contributed by atoms with E-state index in [9.17, 15) is 9.59 Å².